The monoisotopic (exact) mass is 230 g/mol. The van der Waals surface area contributed by atoms with E-state index in [4.69, 9.17) is 9.47 Å². The first kappa shape index (κ1) is 9.39. The molecule has 0 fully saturated rings. The van der Waals surface area contributed by atoms with Crippen molar-refractivity contribution in [3.05, 3.63) is 24.3 Å². The first-order chi connectivity index (χ1) is 5.86. The van der Waals surface area contributed by atoms with Gasteiger partial charge in [-0.05, 0) is 24.3 Å². The maximum atomic E-state index is 5.35. The van der Waals surface area contributed by atoms with Crippen molar-refractivity contribution in [1.82, 2.24) is 0 Å². The van der Waals surface area contributed by atoms with Crippen molar-refractivity contribution < 1.29 is 9.47 Å². The number of benzene rings is 1. The SMILES string of the molecule is COc1ccc(OCCBr)cc1. The van der Waals surface area contributed by atoms with Crippen LogP contribution in [0.1, 0.15) is 0 Å². The van der Waals surface area contributed by atoms with Crippen LogP contribution in [0.5, 0.6) is 11.5 Å². The number of hydrogen-bond donors (Lipinski definition) is 0. The molecule has 66 valence electrons. The number of methoxy groups -OCH3 is 1. The number of hydrogen-bond acceptors (Lipinski definition) is 2. The minimum atomic E-state index is 0.687. The summed E-state index contributed by atoms with van der Waals surface area (Å²) in [5, 5.41) is 0.846. The molecule has 0 amide bonds. The molecule has 0 aliphatic rings. The van der Waals surface area contributed by atoms with Gasteiger partial charge in [-0.25, -0.2) is 0 Å². The van der Waals surface area contributed by atoms with Crippen molar-refractivity contribution in [2.75, 3.05) is 19.0 Å². The molecule has 0 atom stereocenters. The minimum Gasteiger partial charge on any atom is -0.497 e. The van der Waals surface area contributed by atoms with Crippen molar-refractivity contribution in [2.45, 2.75) is 0 Å². The van der Waals surface area contributed by atoms with Gasteiger partial charge in [-0.2, -0.15) is 0 Å². The molecule has 0 bridgehead atoms. The Hall–Kier alpha value is -0.700. The lowest BCUT2D eigenvalue weighted by Gasteiger charge is -2.04. The van der Waals surface area contributed by atoms with E-state index in [0.717, 1.165) is 16.8 Å². The van der Waals surface area contributed by atoms with Gasteiger partial charge in [0.15, 0.2) is 0 Å². The van der Waals surface area contributed by atoms with E-state index in [-0.39, 0.29) is 0 Å². The van der Waals surface area contributed by atoms with E-state index in [1.807, 2.05) is 24.3 Å². The molecule has 1 rings (SSSR count). The summed E-state index contributed by atoms with van der Waals surface area (Å²) < 4.78 is 10.4. The molecule has 0 radical (unpaired) electrons. The fraction of sp³-hybridized carbons (Fsp3) is 0.333. The zero-order chi connectivity index (χ0) is 8.81. The molecule has 0 aliphatic carbocycles. The van der Waals surface area contributed by atoms with Crippen molar-refractivity contribution in [3.8, 4) is 11.5 Å². The van der Waals surface area contributed by atoms with Crippen molar-refractivity contribution in [2.24, 2.45) is 0 Å². The lowest BCUT2D eigenvalue weighted by atomic mass is 10.3. The Morgan fingerprint density at radius 3 is 2.25 bits per heavy atom. The van der Waals surface area contributed by atoms with Gasteiger partial charge in [0.2, 0.25) is 0 Å². The molecule has 0 N–H and O–H groups in total. The molecule has 0 aromatic heterocycles. The average Bonchev–Trinajstić information content (AvgIpc) is 2.15. The summed E-state index contributed by atoms with van der Waals surface area (Å²) in [5.74, 6) is 1.72. The second kappa shape index (κ2) is 5.04. The first-order valence-corrected chi connectivity index (χ1v) is 4.82. The molecule has 0 saturated carbocycles. The lowest BCUT2D eigenvalue weighted by molar-refractivity contribution is 0.343. The maximum absolute atomic E-state index is 5.35. The van der Waals surface area contributed by atoms with Crippen LogP contribution in [-0.4, -0.2) is 19.0 Å². The number of ether oxygens (including phenoxy) is 2. The standard InChI is InChI=1S/C9H11BrO2/c1-11-8-2-4-9(5-3-8)12-7-6-10/h2-5H,6-7H2,1H3. The Balaban J connectivity index is 2.53. The summed E-state index contributed by atoms with van der Waals surface area (Å²) in [4.78, 5) is 0. The number of alkyl halides is 1. The second-order valence-electron chi connectivity index (χ2n) is 2.21. The Labute approximate surface area is 80.6 Å². The third kappa shape index (κ3) is 2.74. The van der Waals surface area contributed by atoms with E-state index >= 15 is 0 Å². The van der Waals surface area contributed by atoms with Gasteiger partial charge in [-0.15, -0.1) is 0 Å². The van der Waals surface area contributed by atoms with Crippen LogP contribution in [0, 0.1) is 0 Å². The number of halogens is 1. The molecule has 0 heterocycles. The van der Waals surface area contributed by atoms with Crippen LogP contribution in [-0.2, 0) is 0 Å². The fourth-order valence-corrected chi connectivity index (χ4v) is 0.990. The molecule has 3 heteroatoms. The van der Waals surface area contributed by atoms with Gasteiger partial charge < -0.3 is 9.47 Å². The van der Waals surface area contributed by atoms with Gasteiger partial charge in [0.1, 0.15) is 11.5 Å². The van der Waals surface area contributed by atoms with Gasteiger partial charge in [-0.3, -0.25) is 0 Å². The van der Waals surface area contributed by atoms with Crippen LogP contribution in [0.4, 0.5) is 0 Å². The van der Waals surface area contributed by atoms with Crippen LogP contribution < -0.4 is 9.47 Å². The quantitative estimate of drug-likeness (QED) is 0.741. The molecule has 0 unspecified atom stereocenters. The Kier molecular flexibility index (Phi) is 3.94. The van der Waals surface area contributed by atoms with Crippen LogP contribution in [0.25, 0.3) is 0 Å². The zero-order valence-electron chi connectivity index (χ0n) is 6.92. The van der Waals surface area contributed by atoms with E-state index in [9.17, 15) is 0 Å². The summed E-state index contributed by atoms with van der Waals surface area (Å²) in [6.07, 6.45) is 0. The van der Waals surface area contributed by atoms with Crippen molar-refractivity contribution >= 4 is 15.9 Å². The zero-order valence-corrected chi connectivity index (χ0v) is 8.50. The largest absolute Gasteiger partial charge is 0.497 e. The topological polar surface area (TPSA) is 18.5 Å². The molecular formula is C9H11BrO2. The van der Waals surface area contributed by atoms with Crippen molar-refractivity contribution in [3.63, 3.8) is 0 Å². The normalized spacial score (nSPS) is 9.50. The highest BCUT2D eigenvalue weighted by molar-refractivity contribution is 9.09. The van der Waals surface area contributed by atoms with E-state index in [0.29, 0.717) is 6.61 Å². The highest BCUT2D eigenvalue weighted by atomic mass is 79.9. The van der Waals surface area contributed by atoms with Crippen LogP contribution in [0.15, 0.2) is 24.3 Å². The first-order valence-electron chi connectivity index (χ1n) is 3.69. The lowest BCUT2D eigenvalue weighted by Crippen LogP contribution is -1.97. The molecule has 1 aromatic carbocycles. The molecule has 0 spiro atoms. The van der Waals surface area contributed by atoms with Gasteiger partial charge in [0.25, 0.3) is 0 Å². The van der Waals surface area contributed by atoms with Gasteiger partial charge in [0, 0.05) is 5.33 Å². The molecule has 0 saturated heterocycles. The molecule has 1 aromatic rings. The van der Waals surface area contributed by atoms with E-state index in [1.165, 1.54) is 0 Å². The molecule has 12 heavy (non-hydrogen) atoms. The Morgan fingerprint density at radius 2 is 1.75 bits per heavy atom. The predicted octanol–water partition coefficient (Wildman–Crippen LogP) is 2.47. The summed E-state index contributed by atoms with van der Waals surface area (Å²) >= 11 is 3.29. The van der Waals surface area contributed by atoms with Crippen LogP contribution in [0.2, 0.25) is 0 Å². The van der Waals surface area contributed by atoms with Gasteiger partial charge >= 0.3 is 0 Å². The Bertz CT molecular complexity index is 220. The molecule has 0 aliphatic heterocycles. The van der Waals surface area contributed by atoms with E-state index in [2.05, 4.69) is 15.9 Å². The molecular weight excluding hydrogens is 220 g/mol. The summed E-state index contributed by atoms with van der Waals surface area (Å²) in [5.41, 5.74) is 0. The van der Waals surface area contributed by atoms with Crippen molar-refractivity contribution in [1.29, 1.82) is 0 Å². The highest BCUT2D eigenvalue weighted by Crippen LogP contribution is 2.16. The second-order valence-corrected chi connectivity index (χ2v) is 3.01. The third-order valence-corrected chi connectivity index (χ3v) is 1.73. The number of rotatable bonds is 4. The summed E-state index contributed by atoms with van der Waals surface area (Å²) in [7, 11) is 1.65. The maximum Gasteiger partial charge on any atom is 0.119 e. The summed E-state index contributed by atoms with van der Waals surface area (Å²) in [6.45, 7) is 0.687. The Morgan fingerprint density at radius 1 is 1.17 bits per heavy atom. The third-order valence-electron chi connectivity index (χ3n) is 1.41. The summed E-state index contributed by atoms with van der Waals surface area (Å²) in [6, 6.07) is 7.54. The van der Waals surface area contributed by atoms with Gasteiger partial charge in [-0.1, -0.05) is 15.9 Å². The highest BCUT2D eigenvalue weighted by Gasteiger charge is 1.93. The minimum absolute atomic E-state index is 0.687. The van der Waals surface area contributed by atoms with E-state index in [1.54, 1.807) is 7.11 Å². The predicted molar refractivity (Wildman–Crippen MR) is 52.3 cm³/mol. The van der Waals surface area contributed by atoms with Gasteiger partial charge in [0.05, 0.1) is 13.7 Å². The fourth-order valence-electron chi connectivity index (χ4n) is 0.828. The van der Waals surface area contributed by atoms with E-state index < -0.39 is 0 Å². The smallest absolute Gasteiger partial charge is 0.119 e. The van der Waals surface area contributed by atoms with Crippen LogP contribution in [0.3, 0.4) is 0 Å². The average molecular weight is 231 g/mol. The molecule has 2 nitrogen and oxygen atoms in total. The van der Waals surface area contributed by atoms with Crippen LogP contribution >= 0.6 is 15.9 Å².